The fraction of sp³-hybridized carbons (Fsp3) is 0.455. The zero-order valence-corrected chi connectivity index (χ0v) is 8.49. The van der Waals surface area contributed by atoms with Crippen LogP contribution in [0.4, 0.5) is 0 Å². The first kappa shape index (κ1) is 10.9. The SMILES string of the molecule is CCCC(C)(O)c1cccc(O)c1O. The van der Waals surface area contributed by atoms with E-state index in [1.165, 1.54) is 6.07 Å². The van der Waals surface area contributed by atoms with E-state index in [9.17, 15) is 15.3 Å². The summed E-state index contributed by atoms with van der Waals surface area (Å²) in [6, 6.07) is 4.61. The molecule has 0 aliphatic carbocycles. The Kier molecular flexibility index (Phi) is 3.01. The molecular weight excluding hydrogens is 180 g/mol. The molecule has 0 aliphatic heterocycles. The summed E-state index contributed by atoms with van der Waals surface area (Å²) in [6.07, 6.45) is 1.35. The zero-order chi connectivity index (χ0) is 10.8. The molecule has 0 radical (unpaired) electrons. The van der Waals surface area contributed by atoms with E-state index in [-0.39, 0.29) is 11.5 Å². The minimum atomic E-state index is -1.09. The predicted octanol–water partition coefficient (Wildman–Crippen LogP) is 2.11. The van der Waals surface area contributed by atoms with Crippen molar-refractivity contribution < 1.29 is 15.3 Å². The highest BCUT2D eigenvalue weighted by atomic mass is 16.3. The summed E-state index contributed by atoms with van der Waals surface area (Å²) in [7, 11) is 0. The van der Waals surface area contributed by atoms with Gasteiger partial charge in [-0.25, -0.2) is 0 Å². The molecule has 0 aromatic heterocycles. The standard InChI is InChI=1S/C11H16O3/c1-3-7-11(2,14)8-5-4-6-9(12)10(8)13/h4-6,12-14H,3,7H2,1-2H3. The summed E-state index contributed by atoms with van der Waals surface area (Å²) >= 11 is 0. The molecule has 1 aromatic rings. The highest BCUT2D eigenvalue weighted by Crippen LogP contribution is 2.37. The molecule has 3 N–H and O–H groups in total. The van der Waals surface area contributed by atoms with Gasteiger partial charge in [-0.15, -0.1) is 0 Å². The van der Waals surface area contributed by atoms with E-state index in [1.807, 2.05) is 6.92 Å². The summed E-state index contributed by atoms with van der Waals surface area (Å²) in [6.45, 7) is 3.58. The van der Waals surface area contributed by atoms with Gasteiger partial charge >= 0.3 is 0 Å². The first-order valence-electron chi connectivity index (χ1n) is 4.73. The lowest BCUT2D eigenvalue weighted by Crippen LogP contribution is -2.20. The number of phenolic OH excluding ortho intramolecular Hbond substituents is 2. The van der Waals surface area contributed by atoms with Gasteiger partial charge in [0.15, 0.2) is 11.5 Å². The number of hydrogen-bond donors (Lipinski definition) is 3. The Labute approximate surface area is 83.6 Å². The minimum absolute atomic E-state index is 0.195. The number of para-hydroxylation sites is 1. The normalized spacial score (nSPS) is 15.1. The fourth-order valence-corrected chi connectivity index (χ4v) is 1.59. The van der Waals surface area contributed by atoms with E-state index in [4.69, 9.17) is 0 Å². The number of benzene rings is 1. The van der Waals surface area contributed by atoms with Crippen LogP contribution in [0, 0.1) is 0 Å². The molecule has 3 heteroatoms. The van der Waals surface area contributed by atoms with Crippen LogP contribution in [0.2, 0.25) is 0 Å². The molecule has 0 saturated heterocycles. The van der Waals surface area contributed by atoms with Crippen molar-refractivity contribution in [3.63, 3.8) is 0 Å². The molecule has 1 aromatic carbocycles. The molecule has 0 aliphatic rings. The van der Waals surface area contributed by atoms with Gasteiger partial charge in [-0.3, -0.25) is 0 Å². The van der Waals surface area contributed by atoms with E-state index in [0.717, 1.165) is 6.42 Å². The molecule has 0 saturated carbocycles. The molecule has 0 amide bonds. The first-order chi connectivity index (χ1) is 6.49. The molecule has 3 nitrogen and oxygen atoms in total. The molecule has 1 atom stereocenters. The lowest BCUT2D eigenvalue weighted by molar-refractivity contribution is 0.0442. The molecule has 0 heterocycles. The van der Waals surface area contributed by atoms with Crippen molar-refractivity contribution in [1.82, 2.24) is 0 Å². The second-order valence-corrected chi connectivity index (χ2v) is 3.70. The quantitative estimate of drug-likeness (QED) is 0.649. The number of rotatable bonds is 3. The monoisotopic (exact) mass is 196 g/mol. The number of aliphatic hydroxyl groups is 1. The Bertz CT molecular complexity index is 318. The minimum Gasteiger partial charge on any atom is -0.504 e. The van der Waals surface area contributed by atoms with Crippen LogP contribution < -0.4 is 0 Å². The lowest BCUT2D eigenvalue weighted by Gasteiger charge is -2.24. The maximum Gasteiger partial charge on any atom is 0.163 e. The molecule has 1 unspecified atom stereocenters. The second-order valence-electron chi connectivity index (χ2n) is 3.70. The van der Waals surface area contributed by atoms with Crippen LogP contribution in [0.15, 0.2) is 18.2 Å². The molecule has 0 bridgehead atoms. The molecule has 78 valence electrons. The summed E-state index contributed by atoms with van der Waals surface area (Å²) in [5.41, 5.74) is -0.711. The number of hydrogen-bond acceptors (Lipinski definition) is 3. The number of phenols is 2. The molecular formula is C11H16O3. The Morgan fingerprint density at radius 3 is 2.50 bits per heavy atom. The van der Waals surface area contributed by atoms with Crippen LogP contribution in [0.3, 0.4) is 0 Å². The van der Waals surface area contributed by atoms with Gasteiger partial charge in [-0.2, -0.15) is 0 Å². The zero-order valence-electron chi connectivity index (χ0n) is 8.49. The third-order valence-electron chi connectivity index (χ3n) is 2.33. The Morgan fingerprint density at radius 2 is 1.93 bits per heavy atom. The van der Waals surface area contributed by atoms with Crippen molar-refractivity contribution in [2.24, 2.45) is 0 Å². The summed E-state index contributed by atoms with van der Waals surface area (Å²) in [5, 5.41) is 28.8. The van der Waals surface area contributed by atoms with Crippen LogP contribution in [-0.2, 0) is 5.60 Å². The van der Waals surface area contributed by atoms with Crippen molar-refractivity contribution >= 4 is 0 Å². The van der Waals surface area contributed by atoms with Crippen molar-refractivity contribution in [1.29, 1.82) is 0 Å². The van der Waals surface area contributed by atoms with Gasteiger partial charge in [-0.05, 0) is 19.4 Å². The van der Waals surface area contributed by atoms with Crippen LogP contribution in [-0.4, -0.2) is 15.3 Å². The second kappa shape index (κ2) is 3.88. The number of aromatic hydroxyl groups is 2. The molecule has 0 spiro atoms. The van der Waals surface area contributed by atoms with Crippen molar-refractivity contribution in [3.05, 3.63) is 23.8 Å². The van der Waals surface area contributed by atoms with Crippen molar-refractivity contribution in [3.8, 4) is 11.5 Å². The van der Waals surface area contributed by atoms with E-state index in [1.54, 1.807) is 19.1 Å². The first-order valence-corrected chi connectivity index (χ1v) is 4.73. The lowest BCUT2D eigenvalue weighted by atomic mass is 9.90. The smallest absolute Gasteiger partial charge is 0.163 e. The summed E-state index contributed by atoms with van der Waals surface area (Å²) < 4.78 is 0. The predicted molar refractivity (Wildman–Crippen MR) is 54.3 cm³/mol. The van der Waals surface area contributed by atoms with Crippen LogP contribution in [0.5, 0.6) is 11.5 Å². The largest absolute Gasteiger partial charge is 0.504 e. The van der Waals surface area contributed by atoms with Gasteiger partial charge in [0, 0.05) is 5.56 Å². The van der Waals surface area contributed by atoms with E-state index in [0.29, 0.717) is 12.0 Å². The van der Waals surface area contributed by atoms with Gasteiger partial charge in [0.25, 0.3) is 0 Å². The molecule has 14 heavy (non-hydrogen) atoms. The topological polar surface area (TPSA) is 60.7 Å². The third-order valence-corrected chi connectivity index (χ3v) is 2.33. The van der Waals surface area contributed by atoms with Gasteiger partial charge in [0.1, 0.15) is 0 Å². The van der Waals surface area contributed by atoms with Crippen LogP contribution >= 0.6 is 0 Å². The van der Waals surface area contributed by atoms with E-state index < -0.39 is 5.60 Å². The van der Waals surface area contributed by atoms with Crippen LogP contribution in [0.25, 0.3) is 0 Å². The third kappa shape index (κ3) is 1.99. The average molecular weight is 196 g/mol. The van der Waals surface area contributed by atoms with Gasteiger partial charge in [0.2, 0.25) is 0 Å². The molecule has 1 rings (SSSR count). The van der Waals surface area contributed by atoms with Gasteiger partial charge in [-0.1, -0.05) is 25.5 Å². The highest BCUT2D eigenvalue weighted by molar-refractivity contribution is 5.46. The van der Waals surface area contributed by atoms with Crippen molar-refractivity contribution in [2.45, 2.75) is 32.3 Å². The fourth-order valence-electron chi connectivity index (χ4n) is 1.59. The van der Waals surface area contributed by atoms with E-state index in [2.05, 4.69) is 0 Å². The summed E-state index contributed by atoms with van der Waals surface area (Å²) in [5.74, 6) is -0.426. The maximum atomic E-state index is 10.0. The average Bonchev–Trinajstić information content (AvgIpc) is 2.09. The van der Waals surface area contributed by atoms with Crippen LogP contribution in [0.1, 0.15) is 32.3 Å². The van der Waals surface area contributed by atoms with Crippen molar-refractivity contribution in [2.75, 3.05) is 0 Å². The van der Waals surface area contributed by atoms with Gasteiger partial charge in [0.05, 0.1) is 5.60 Å². The van der Waals surface area contributed by atoms with E-state index >= 15 is 0 Å². The highest BCUT2D eigenvalue weighted by Gasteiger charge is 2.26. The van der Waals surface area contributed by atoms with Gasteiger partial charge < -0.3 is 15.3 Å². The Morgan fingerprint density at radius 1 is 1.29 bits per heavy atom. The summed E-state index contributed by atoms with van der Waals surface area (Å²) in [4.78, 5) is 0. The maximum absolute atomic E-state index is 10.0. The Balaban J connectivity index is 3.12. The molecule has 0 fully saturated rings. The Hall–Kier alpha value is -1.22.